The summed E-state index contributed by atoms with van der Waals surface area (Å²) < 4.78 is 0.961. The van der Waals surface area contributed by atoms with Crippen molar-refractivity contribution in [1.82, 2.24) is 15.0 Å². The lowest BCUT2D eigenvalue weighted by molar-refractivity contribution is 0.103. The van der Waals surface area contributed by atoms with Gasteiger partial charge in [0.25, 0.3) is 5.91 Å². The number of anilines is 2. The summed E-state index contributed by atoms with van der Waals surface area (Å²) in [7, 11) is 0. The molecule has 9 heteroatoms. The minimum Gasteiger partial charge on any atom is -0.368 e. The maximum absolute atomic E-state index is 12.5. The maximum atomic E-state index is 12.5. The van der Waals surface area contributed by atoms with Crippen LogP contribution >= 0.6 is 34.3 Å². The summed E-state index contributed by atoms with van der Waals surface area (Å²) in [6.07, 6.45) is 1.59. The standard InChI is InChI=1S/C16H10ClN5OS2/c17-8-1-2-12-10(7-8)21-16(25-12)22-14(23)13-4-3-11(24-13)9-5-6-19-15(18)20-9/h1-7H,(H2,18,19,20)(H,21,22,23). The zero-order valence-corrected chi connectivity index (χ0v) is 15.0. The van der Waals surface area contributed by atoms with E-state index in [0.29, 0.717) is 20.7 Å². The van der Waals surface area contributed by atoms with Crippen molar-refractivity contribution in [1.29, 1.82) is 0 Å². The SMILES string of the molecule is Nc1nccc(-c2ccc(C(=O)Nc3nc4cc(Cl)ccc4s3)s2)n1. The summed E-state index contributed by atoms with van der Waals surface area (Å²) >= 11 is 8.69. The molecule has 1 amide bonds. The van der Waals surface area contributed by atoms with Crippen LogP contribution in [0.5, 0.6) is 0 Å². The molecule has 0 aliphatic carbocycles. The number of hydrogen-bond donors (Lipinski definition) is 2. The van der Waals surface area contributed by atoms with Crippen molar-refractivity contribution in [3.63, 3.8) is 0 Å². The van der Waals surface area contributed by atoms with Gasteiger partial charge in [-0.3, -0.25) is 10.1 Å². The number of hydrogen-bond acceptors (Lipinski definition) is 7. The van der Waals surface area contributed by atoms with Crippen molar-refractivity contribution < 1.29 is 4.79 Å². The Morgan fingerprint density at radius 1 is 1.12 bits per heavy atom. The summed E-state index contributed by atoms with van der Waals surface area (Å²) in [5.41, 5.74) is 7.05. The molecule has 0 radical (unpaired) electrons. The second-order valence-electron chi connectivity index (χ2n) is 5.05. The first-order valence-electron chi connectivity index (χ1n) is 7.15. The Kier molecular flexibility index (Phi) is 4.08. The van der Waals surface area contributed by atoms with Gasteiger partial charge >= 0.3 is 0 Å². The van der Waals surface area contributed by atoms with Crippen molar-refractivity contribution in [3.8, 4) is 10.6 Å². The fourth-order valence-corrected chi connectivity index (χ4v) is 4.10. The quantitative estimate of drug-likeness (QED) is 0.546. The number of nitrogens with one attached hydrogen (secondary N) is 1. The molecule has 3 N–H and O–H groups in total. The highest BCUT2D eigenvalue weighted by molar-refractivity contribution is 7.22. The van der Waals surface area contributed by atoms with Crippen LogP contribution in [0.15, 0.2) is 42.6 Å². The third-order valence-corrected chi connectivity index (χ3v) is 5.62. The molecule has 1 aromatic carbocycles. The summed E-state index contributed by atoms with van der Waals surface area (Å²) in [4.78, 5) is 26.3. The Morgan fingerprint density at radius 2 is 2.00 bits per heavy atom. The third kappa shape index (κ3) is 3.32. The van der Waals surface area contributed by atoms with Crippen molar-refractivity contribution >= 4 is 61.5 Å². The highest BCUT2D eigenvalue weighted by Crippen LogP contribution is 2.30. The number of thiazole rings is 1. The molecular formula is C16H10ClN5OS2. The lowest BCUT2D eigenvalue weighted by atomic mass is 10.3. The summed E-state index contributed by atoms with van der Waals surface area (Å²) in [6.45, 7) is 0. The number of nitrogens with zero attached hydrogens (tertiary/aromatic N) is 3. The van der Waals surface area contributed by atoms with Gasteiger partial charge in [-0.1, -0.05) is 22.9 Å². The number of nitrogens with two attached hydrogens (primary N) is 1. The number of amides is 1. The molecule has 0 fully saturated rings. The Labute approximate surface area is 155 Å². The van der Waals surface area contributed by atoms with E-state index in [2.05, 4.69) is 20.3 Å². The van der Waals surface area contributed by atoms with Crippen molar-refractivity contribution in [2.45, 2.75) is 0 Å². The van der Waals surface area contributed by atoms with E-state index < -0.39 is 0 Å². The smallest absolute Gasteiger partial charge is 0.267 e. The number of aromatic nitrogens is 3. The van der Waals surface area contributed by atoms with Gasteiger partial charge in [0.05, 0.1) is 25.7 Å². The lowest BCUT2D eigenvalue weighted by Gasteiger charge is -1.98. The molecule has 4 rings (SSSR count). The van der Waals surface area contributed by atoms with Crippen LogP contribution in [0.4, 0.5) is 11.1 Å². The van der Waals surface area contributed by atoms with E-state index in [9.17, 15) is 4.79 Å². The molecule has 25 heavy (non-hydrogen) atoms. The minimum atomic E-state index is -0.219. The second-order valence-corrected chi connectivity index (χ2v) is 7.60. The molecular weight excluding hydrogens is 378 g/mol. The number of benzene rings is 1. The first kappa shape index (κ1) is 15.9. The maximum Gasteiger partial charge on any atom is 0.267 e. The van der Waals surface area contributed by atoms with Gasteiger partial charge in [-0.25, -0.2) is 15.0 Å². The van der Waals surface area contributed by atoms with E-state index in [-0.39, 0.29) is 11.9 Å². The number of rotatable bonds is 3. The van der Waals surface area contributed by atoms with Gasteiger partial charge in [0, 0.05) is 11.2 Å². The predicted octanol–water partition coefficient (Wildman–Crippen LogP) is 4.30. The van der Waals surface area contributed by atoms with E-state index in [1.54, 1.807) is 30.5 Å². The molecule has 3 aromatic heterocycles. The molecule has 0 unspecified atom stereocenters. The number of carbonyl (C=O) groups is 1. The van der Waals surface area contributed by atoms with Crippen molar-refractivity contribution in [3.05, 3.63) is 52.5 Å². The zero-order chi connectivity index (χ0) is 17.4. The average molecular weight is 388 g/mol. The number of nitrogen functional groups attached to an aromatic ring is 1. The van der Waals surface area contributed by atoms with E-state index in [1.807, 2.05) is 12.1 Å². The van der Waals surface area contributed by atoms with Gasteiger partial charge in [-0.15, -0.1) is 11.3 Å². The predicted molar refractivity (Wildman–Crippen MR) is 102 cm³/mol. The Morgan fingerprint density at radius 3 is 2.84 bits per heavy atom. The number of halogens is 1. The average Bonchev–Trinajstić information content (AvgIpc) is 3.21. The van der Waals surface area contributed by atoms with Gasteiger partial charge < -0.3 is 5.73 Å². The molecule has 0 atom stereocenters. The molecule has 0 spiro atoms. The largest absolute Gasteiger partial charge is 0.368 e. The molecule has 0 aliphatic heterocycles. The Hall–Kier alpha value is -2.55. The fourth-order valence-electron chi connectivity index (χ4n) is 2.22. The highest BCUT2D eigenvalue weighted by Gasteiger charge is 2.14. The summed E-state index contributed by atoms with van der Waals surface area (Å²) in [6, 6.07) is 10.8. The first-order valence-corrected chi connectivity index (χ1v) is 9.16. The van der Waals surface area contributed by atoms with E-state index in [4.69, 9.17) is 17.3 Å². The second kappa shape index (κ2) is 6.40. The van der Waals surface area contributed by atoms with Crippen LogP contribution in [-0.4, -0.2) is 20.9 Å². The number of thiophene rings is 1. The monoisotopic (exact) mass is 387 g/mol. The Bertz CT molecular complexity index is 1090. The normalized spacial score (nSPS) is 10.9. The van der Waals surface area contributed by atoms with Crippen LogP contribution in [0.3, 0.4) is 0 Å². The number of carbonyl (C=O) groups excluding carboxylic acids is 1. The minimum absolute atomic E-state index is 0.199. The molecule has 0 saturated heterocycles. The molecule has 124 valence electrons. The van der Waals surface area contributed by atoms with Crippen LogP contribution < -0.4 is 11.1 Å². The van der Waals surface area contributed by atoms with Gasteiger partial charge in [0.15, 0.2) is 5.13 Å². The molecule has 0 aliphatic rings. The molecule has 0 saturated carbocycles. The van der Waals surface area contributed by atoms with E-state index >= 15 is 0 Å². The summed E-state index contributed by atoms with van der Waals surface area (Å²) in [5.74, 6) is -0.0199. The van der Waals surface area contributed by atoms with Crippen LogP contribution in [0.25, 0.3) is 20.8 Å². The van der Waals surface area contributed by atoms with Gasteiger partial charge in [0.2, 0.25) is 5.95 Å². The van der Waals surface area contributed by atoms with E-state index in [1.165, 1.54) is 22.7 Å². The molecule has 0 bridgehead atoms. The van der Waals surface area contributed by atoms with Crippen LogP contribution in [0.2, 0.25) is 5.02 Å². The lowest BCUT2D eigenvalue weighted by Crippen LogP contribution is -2.09. The van der Waals surface area contributed by atoms with E-state index in [0.717, 1.165) is 15.1 Å². The summed E-state index contributed by atoms with van der Waals surface area (Å²) in [5, 5.41) is 3.97. The zero-order valence-electron chi connectivity index (χ0n) is 12.6. The van der Waals surface area contributed by atoms with Gasteiger partial charge in [-0.2, -0.15) is 0 Å². The third-order valence-electron chi connectivity index (χ3n) is 3.33. The Balaban J connectivity index is 1.56. The fraction of sp³-hybridized carbons (Fsp3) is 0. The van der Waals surface area contributed by atoms with Crippen molar-refractivity contribution in [2.24, 2.45) is 0 Å². The number of fused-ring (bicyclic) bond motifs is 1. The van der Waals surface area contributed by atoms with Crippen molar-refractivity contribution in [2.75, 3.05) is 11.1 Å². The van der Waals surface area contributed by atoms with Crippen LogP contribution in [-0.2, 0) is 0 Å². The molecule has 6 nitrogen and oxygen atoms in total. The molecule has 4 aromatic rings. The molecule has 3 heterocycles. The van der Waals surface area contributed by atoms with Gasteiger partial charge in [-0.05, 0) is 36.4 Å². The first-order chi connectivity index (χ1) is 12.1. The van der Waals surface area contributed by atoms with Crippen LogP contribution in [0.1, 0.15) is 9.67 Å². The van der Waals surface area contributed by atoms with Gasteiger partial charge in [0.1, 0.15) is 0 Å². The topological polar surface area (TPSA) is 93.8 Å². The highest BCUT2D eigenvalue weighted by atomic mass is 35.5. The van der Waals surface area contributed by atoms with Crippen LogP contribution in [0, 0.1) is 0 Å².